The lowest BCUT2D eigenvalue weighted by Crippen LogP contribution is -2.44. The van der Waals surface area contributed by atoms with Gasteiger partial charge in [-0.05, 0) is 47.5 Å². The van der Waals surface area contributed by atoms with Crippen molar-refractivity contribution in [2.24, 2.45) is 5.41 Å². The summed E-state index contributed by atoms with van der Waals surface area (Å²) in [6, 6.07) is 8.57. The van der Waals surface area contributed by atoms with Crippen LogP contribution < -0.4 is 0 Å². The number of aliphatic hydroxyl groups excluding tert-OH is 2. The summed E-state index contributed by atoms with van der Waals surface area (Å²) in [5.41, 5.74) is 0.938. The Labute approximate surface area is 166 Å². The SMILES string of the molecule is CC(C)=CCC1(CC=C(C)C)C(=O)C(C)=C(O)C(=C(O)c2ccccc2)C1=O. The molecule has 0 unspecified atom stereocenters. The first-order valence-corrected chi connectivity index (χ1v) is 9.37. The standard InChI is InChI=1S/C24H28O4/c1-15(2)11-13-24(14-12-16(3)4)22(27)17(5)20(25)19(23(24)28)21(26)18-9-7-6-8-10-18/h6-12,25-26H,13-14H2,1-5H3. The van der Waals surface area contributed by atoms with E-state index in [1.165, 1.54) is 6.92 Å². The average molecular weight is 380 g/mol. The van der Waals surface area contributed by atoms with E-state index in [4.69, 9.17) is 0 Å². The molecule has 0 bridgehead atoms. The molecule has 0 aliphatic heterocycles. The second-order valence-corrected chi connectivity index (χ2v) is 7.77. The van der Waals surface area contributed by atoms with Crippen LogP contribution in [0.25, 0.3) is 5.76 Å². The summed E-state index contributed by atoms with van der Waals surface area (Å²) >= 11 is 0. The van der Waals surface area contributed by atoms with E-state index in [9.17, 15) is 19.8 Å². The van der Waals surface area contributed by atoms with Gasteiger partial charge < -0.3 is 10.2 Å². The highest BCUT2D eigenvalue weighted by Crippen LogP contribution is 2.44. The van der Waals surface area contributed by atoms with E-state index in [1.54, 1.807) is 30.3 Å². The predicted octanol–water partition coefficient (Wildman–Crippen LogP) is 5.64. The molecule has 4 nitrogen and oxygen atoms in total. The van der Waals surface area contributed by atoms with Gasteiger partial charge in [-0.25, -0.2) is 0 Å². The van der Waals surface area contributed by atoms with Crippen LogP contribution in [0.5, 0.6) is 0 Å². The minimum atomic E-state index is -1.37. The fraction of sp³-hybridized carbons (Fsp3) is 0.333. The Morgan fingerprint density at radius 2 is 1.43 bits per heavy atom. The monoisotopic (exact) mass is 380 g/mol. The lowest BCUT2D eigenvalue weighted by Gasteiger charge is -2.34. The van der Waals surface area contributed by atoms with Gasteiger partial charge in [-0.2, -0.15) is 0 Å². The summed E-state index contributed by atoms with van der Waals surface area (Å²) in [6.45, 7) is 9.13. The quantitative estimate of drug-likeness (QED) is 0.300. The summed E-state index contributed by atoms with van der Waals surface area (Å²) in [5.74, 6) is -1.69. The average Bonchev–Trinajstić information content (AvgIpc) is 2.66. The van der Waals surface area contributed by atoms with Crippen molar-refractivity contribution in [1.82, 2.24) is 0 Å². The van der Waals surface area contributed by atoms with Crippen LogP contribution in [0.3, 0.4) is 0 Å². The third-order valence-electron chi connectivity index (χ3n) is 5.03. The van der Waals surface area contributed by atoms with E-state index in [1.807, 2.05) is 39.8 Å². The minimum absolute atomic E-state index is 0.0985. The minimum Gasteiger partial charge on any atom is -0.507 e. The molecule has 0 heterocycles. The maximum atomic E-state index is 13.6. The summed E-state index contributed by atoms with van der Waals surface area (Å²) in [7, 11) is 0. The number of carbonyl (C=O) groups is 2. The Hall–Kier alpha value is -2.88. The van der Waals surface area contributed by atoms with E-state index in [2.05, 4.69) is 0 Å². The maximum Gasteiger partial charge on any atom is 0.184 e. The van der Waals surface area contributed by atoms with Gasteiger partial charge in [-0.3, -0.25) is 9.59 Å². The Kier molecular flexibility index (Phi) is 6.45. The summed E-state index contributed by atoms with van der Waals surface area (Å²) < 4.78 is 0. The van der Waals surface area contributed by atoms with Crippen molar-refractivity contribution in [1.29, 1.82) is 0 Å². The Bertz CT molecular complexity index is 883. The Balaban J connectivity index is 2.77. The first-order chi connectivity index (χ1) is 13.1. The van der Waals surface area contributed by atoms with Crippen LogP contribution in [-0.2, 0) is 9.59 Å². The number of hydrogen-bond donors (Lipinski definition) is 2. The molecule has 148 valence electrons. The van der Waals surface area contributed by atoms with Crippen LogP contribution in [0, 0.1) is 5.41 Å². The fourth-order valence-corrected chi connectivity index (χ4v) is 3.27. The van der Waals surface area contributed by atoms with Gasteiger partial charge >= 0.3 is 0 Å². The van der Waals surface area contributed by atoms with Gasteiger partial charge in [0.25, 0.3) is 0 Å². The molecule has 2 rings (SSSR count). The van der Waals surface area contributed by atoms with Gasteiger partial charge in [0.15, 0.2) is 11.6 Å². The lowest BCUT2D eigenvalue weighted by molar-refractivity contribution is -0.137. The van der Waals surface area contributed by atoms with E-state index >= 15 is 0 Å². The normalized spacial score (nSPS) is 18.0. The topological polar surface area (TPSA) is 74.6 Å². The van der Waals surface area contributed by atoms with Crippen molar-refractivity contribution in [3.63, 3.8) is 0 Å². The molecule has 1 aliphatic rings. The molecule has 0 saturated heterocycles. The van der Waals surface area contributed by atoms with E-state index in [0.717, 1.165) is 11.1 Å². The molecule has 1 aromatic carbocycles. The second kappa shape index (κ2) is 8.42. The number of rotatable bonds is 5. The molecule has 0 saturated carbocycles. The predicted molar refractivity (Wildman–Crippen MR) is 112 cm³/mol. The number of allylic oxidation sites excluding steroid dienone is 6. The Morgan fingerprint density at radius 1 is 0.929 bits per heavy atom. The number of ketones is 2. The van der Waals surface area contributed by atoms with Crippen LogP contribution in [0.4, 0.5) is 0 Å². The molecule has 1 aromatic rings. The number of benzene rings is 1. The van der Waals surface area contributed by atoms with E-state index in [-0.39, 0.29) is 29.7 Å². The van der Waals surface area contributed by atoms with Crippen molar-refractivity contribution in [2.45, 2.75) is 47.5 Å². The van der Waals surface area contributed by atoms with Crippen molar-refractivity contribution < 1.29 is 19.8 Å². The van der Waals surface area contributed by atoms with Crippen LogP contribution in [0.2, 0.25) is 0 Å². The number of hydrogen-bond acceptors (Lipinski definition) is 4. The number of Topliss-reactive ketones (excluding diaryl/α,β-unsaturated/α-hetero) is 2. The molecule has 0 aromatic heterocycles. The first-order valence-electron chi connectivity index (χ1n) is 9.37. The van der Waals surface area contributed by atoms with Crippen molar-refractivity contribution >= 4 is 17.3 Å². The summed E-state index contributed by atoms with van der Waals surface area (Å²) in [5, 5.41) is 21.4. The first kappa shape index (κ1) is 21.4. The van der Waals surface area contributed by atoms with Gasteiger partial charge in [-0.1, -0.05) is 53.6 Å². The van der Waals surface area contributed by atoms with E-state index < -0.39 is 22.7 Å². The highest BCUT2D eigenvalue weighted by Gasteiger charge is 2.51. The zero-order valence-electron chi connectivity index (χ0n) is 17.2. The van der Waals surface area contributed by atoms with Crippen molar-refractivity contribution in [3.05, 3.63) is 76.1 Å². The van der Waals surface area contributed by atoms with E-state index in [0.29, 0.717) is 5.56 Å². The highest BCUT2D eigenvalue weighted by molar-refractivity contribution is 6.26. The molecular formula is C24H28O4. The fourth-order valence-electron chi connectivity index (χ4n) is 3.27. The second-order valence-electron chi connectivity index (χ2n) is 7.77. The molecule has 0 amide bonds. The summed E-state index contributed by atoms with van der Waals surface area (Å²) in [6.07, 6.45) is 4.16. The third kappa shape index (κ3) is 4.01. The Morgan fingerprint density at radius 3 is 1.89 bits per heavy atom. The number of carbonyl (C=O) groups excluding carboxylic acids is 2. The van der Waals surface area contributed by atoms with Crippen LogP contribution in [-0.4, -0.2) is 21.8 Å². The zero-order chi connectivity index (χ0) is 21.1. The zero-order valence-corrected chi connectivity index (χ0v) is 17.2. The summed E-state index contributed by atoms with van der Waals surface area (Å²) in [4.78, 5) is 26.8. The molecular weight excluding hydrogens is 352 g/mol. The molecule has 2 N–H and O–H groups in total. The molecule has 4 heteroatoms. The van der Waals surface area contributed by atoms with Crippen LogP contribution in [0.15, 0.2) is 70.5 Å². The molecule has 0 atom stereocenters. The molecule has 0 radical (unpaired) electrons. The van der Waals surface area contributed by atoms with Gasteiger partial charge in [0.05, 0.1) is 0 Å². The number of aliphatic hydroxyl groups is 2. The van der Waals surface area contributed by atoms with Gasteiger partial charge in [0.1, 0.15) is 22.5 Å². The van der Waals surface area contributed by atoms with Gasteiger partial charge in [-0.15, -0.1) is 0 Å². The van der Waals surface area contributed by atoms with Crippen molar-refractivity contribution in [2.75, 3.05) is 0 Å². The van der Waals surface area contributed by atoms with Crippen molar-refractivity contribution in [3.8, 4) is 0 Å². The third-order valence-corrected chi connectivity index (χ3v) is 5.03. The maximum absolute atomic E-state index is 13.6. The van der Waals surface area contributed by atoms with Crippen LogP contribution in [0.1, 0.15) is 53.0 Å². The largest absolute Gasteiger partial charge is 0.507 e. The molecule has 0 spiro atoms. The van der Waals surface area contributed by atoms with Crippen LogP contribution >= 0.6 is 0 Å². The molecule has 0 fully saturated rings. The lowest BCUT2D eigenvalue weighted by atomic mass is 9.65. The molecule has 28 heavy (non-hydrogen) atoms. The molecule has 1 aliphatic carbocycles. The van der Waals surface area contributed by atoms with Gasteiger partial charge in [0.2, 0.25) is 0 Å². The highest BCUT2D eigenvalue weighted by atomic mass is 16.3. The van der Waals surface area contributed by atoms with Gasteiger partial charge in [0, 0.05) is 11.1 Å². The smallest absolute Gasteiger partial charge is 0.184 e.